The predicted octanol–water partition coefficient (Wildman–Crippen LogP) is 2.32. The Morgan fingerprint density at radius 1 is 1.32 bits per heavy atom. The van der Waals surface area contributed by atoms with E-state index in [-0.39, 0.29) is 0 Å². The molecule has 4 nitrogen and oxygen atoms in total. The van der Waals surface area contributed by atoms with Crippen LogP contribution in [0.2, 0.25) is 0 Å². The molecule has 0 atom stereocenters. The maximum absolute atomic E-state index is 5.51. The Hall–Kier alpha value is -2.67. The van der Waals surface area contributed by atoms with Crippen molar-refractivity contribution >= 4 is 11.2 Å². The number of terminal acetylenes is 1. The summed E-state index contributed by atoms with van der Waals surface area (Å²) in [5, 5.41) is 0. The normalized spacial score (nSPS) is 10.6. The summed E-state index contributed by atoms with van der Waals surface area (Å²) in [4.78, 5) is 13.1. The van der Waals surface area contributed by atoms with Crippen LogP contribution in [0.1, 0.15) is 11.1 Å². The fraction of sp³-hybridized carbons (Fsp3) is 0.133. The van der Waals surface area contributed by atoms with E-state index in [4.69, 9.17) is 6.42 Å². The lowest BCUT2D eigenvalue weighted by Crippen LogP contribution is -1.96. The van der Waals surface area contributed by atoms with Crippen molar-refractivity contribution in [2.45, 2.75) is 6.92 Å². The van der Waals surface area contributed by atoms with E-state index in [1.165, 1.54) is 0 Å². The highest BCUT2D eigenvalue weighted by Crippen LogP contribution is 2.24. The molecule has 0 spiro atoms. The van der Waals surface area contributed by atoms with Crippen LogP contribution in [0, 0.1) is 19.3 Å². The molecule has 0 fully saturated rings. The second-order valence-electron chi connectivity index (χ2n) is 4.42. The quantitative estimate of drug-likeness (QED) is 0.621. The molecule has 4 heteroatoms. The Kier molecular flexibility index (Phi) is 2.53. The summed E-state index contributed by atoms with van der Waals surface area (Å²) in [6.07, 6.45) is 10.7. The number of imidazole rings is 1. The first-order valence-electron chi connectivity index (χ1n) is 5.91. The second kappa shape index (κ2) is 4.21. The average Bonchev–Trinajstić information content (AvgIpc) is 2.75. The van der Waals surface area contributed by atoms with Crippen LogP contribution in [0.4, 0.5) is 0 Å². The van der Waals surface area contributed by atoms with Crippen LogP contribution >= 0.6 is 0 Å². The van der Waals surface area contributed by atoms with Gasteiger partial charge >= 0.3 is 0 Å². The number of aryl methyl sites for hydroxylation is 2. The molecule has 3 aromatic heterocycles. The number of rotatable bonds is 1. The molecule has 0 aliphatic rings. The first-order chi connectivity index (χ1) is 9.20. The van der Waals surface area contributed by atoms with E-state index in [9.17, 15) is 0 Å². The topological polar surface area (TPSA) is 43.6 Å². The molecule has 0 N–H and O–H groups in total. The highest BCUT2D eigenvalue weighted by Gasteiger charge is 2.13. The lowest BCUT2D eigenvalue weighted by molar-refractivity contribution is 0.940. The van der Waals surface area contributed by atoms with Crippen LogP contribution in [0.25, 0.3) is 22.6 Å². The summed E-state index contributed by atoms with van der Waals surface area (Å²) in [5.41, 5.74) is 4.44. The first kappa shape index (κ1) is 11.4. The molecule has 3 rings (SSSR count). The smallest absolute Gasteiger partial charge is 0.160 e. The van der Waals surface area contributed by atoms with Crippen LogP contribution in [0.5, 0.6) is 0 Å². The van der Waals surface area contributed by atoms with Crippen molar-refractivity contribution in [1.82, 2.24) is 19.5 Å². The first-order valence-corrected chi connectivity index (χ1v) is 5.91. The Morgan fingerprint density at radius 2 is 2.16 bits per heavy atom. The van der Waals surface area contributed by atoms with Gasteiger partial charge in [0, 0.05) is 31.2 Å². The summed E-state index contributed by atoms with van der Waals surface area (Å²) in [6, 6.07) is 3.89. The minimum atomic E-state index is 0.734. The van der Waals surface area contributed by atoms with Gasteiger partial charge in [-0.25, -0.2) is 9.97 Å². The highest BCUT2D eigenvalue weighted by atomic mass is 15.1. The van der Waals surface area contributed by atoms with Crippen LogP contribution in [0.3, 0.4) is 0 Å². The summed E-state index contributed by atoms with van der Waals surface area (Å²) in [7, 11) is 1.94. The van der Waals surface area contributed by atoms with Crippen molar-refractivity contribution < 1.29 is 0 Å². The summed E-state index contributed by atoms with van der Waals surface area (Å²) < 4.78 is 1.95. The van der Waals surface area contributed by atoms with E-state index in [1.54, 1.807) is 12.4 Å². The molecular weight excluding hydrogens is 236 g/mol. The van der Waals surface area contributed by atoms with Gasteiger partial charge in [-0.2, -0.15) is 0 Å². The molecule has 0 radical (unpaired) electrons. The molecule has 0 amide bonds. The van der Waals surface area contributed by atoms with Crippen molar-refractivity contribution in [1.29, 1.82) is 0 Å². The number of fused-ring (bicyclic) bond motifs is 1. The van der Waals surface area contributed by atoms with Crippen LogP contribution in [0.15, 0.2) is 30.7 Å². The van der Waals surface area contributed by atoms with Gasteiger partial charge in [-0.3, -0.25) is 4.98 Å². The maximum atomic E-state index is 5.51. The molecule has 0 saturated heterocycles. The summed E-state index contributed by atoms with van der Waals surface area (Å²) in [6.45, 7) is 2.00. The van der Waals surface area contributed by atoms with E-state index < -0.39 is 0 Å². The molecule has 0 aliphatic heterocycles. The van der Waals surface area contributed by atoms with E-state index >= 15 is 0 Å². The minimum Gasteiger partial charge on any atom is -0.312 e. The van der Waals surface area contributed by atoms with Crippen LogP contribution in [-0.4, -0.2) is 19.5 Å². The Bertz CT molecular complexity index is 809. The number of hydrogen-bond donors (Lipinski definition) is 0. The Morgan fingerprint density at radius 3 is 2.95 bits per heavy atom. The second-order valence-corrected chi connectivity index (χ2v) is 4.42. The SMILES string of the molecule is C#Cc1cnccc1-c1nc2cc(C)cnc2n1C. The fourth-order valence-corrected chi connectivity index (χ4v) is 2.12. The molecule has 0 unspecified atom stereocenters. The lowest BCUT2D eigenvalue weighted by Gasteiger charge is -2.03. The third kappa shape index (κ3) is 1.76. The van der Waals surface area contributed by atoms with E-state index in [1.807, 2.05) is 36.9 Å². The highest BCUT2D eigenvalue weighted by molar-refractivity contribution is 5.79. The molecule has 0 saturated carbocycles. The van der Waals surface area contributed by atoms with Crippen LogP contribution in [-0.2, 0) is 7.05 Å². The van der Waals surface area contributed by atoms with Gasteiger partial charge < -0.3 is 4.57 Å². The van der Waals surface area contributed by atoms with Gasteiger partial charge in [-0.05, 0) is 24.6 Å². The van der Waals surface area contributed by atoms with Gasteiger partial charge in [0.05, 0.1) is 5.56 Å². The third-order valence-electron chi connectivity index (χ3n) is 3.06. The monoisotopic (exact) mass is 248 g/mol. The molecule has 92 valence electrons. The lowest BCUT2D eigenvalue weighted by atomic mass is 10.1. The molecular formula is C15H12N4. The Balaban J connectivity index is 2.32. The van der Waals surface area contributed by atoms with Crippen molar-refractivity contribution in [2.75, 3.05) is 0 Å². The Labute approximate surface area is 111 Å². The van der Waals surface area contributed by atoms with Gasteiger partial charge in [0.1, 0.15) is 11.3 Å². The average molecular weight is 248 g/mol. The van der Waals surface area contributed by atoms with Crippen molar-refractivity contribution in [3.63, 3.8) is 0 Å². The largest absolute Gasteiger partial charge is 0.312 e. The van der Waals surface area contributed by atoms with E-state index in [2.05, 4.69) is 20.9 Å². The maximum Gasteiger partial charge on any atom is 0.160 e. The molecule has 3 aromatic rings. The molecule has 0 bridgehead atoms. The molecule has 19 heavy (non-hydrogen) atoms. The van der Waals surface area contributed by atoms with Gasteiger partial charge in [0.25, 0.3) is 0 Å². The number of nitrogens with zero attached hydrogens (tertiary/aromatic N) is 4. The zero-order valence-corrected chi connectivity index (χ0v) is 10.8. The molecule has 0 aromatic carbocycles. The van der Waals surface area contributed by atoms with Crippen LogP contribution < -0.4 is 0 Å². The van der Waals surface area contributed by atoms with Crippen molar-refractivity contribution in [2.24, 2.45) is 7.05 Å². The fourth-order valence-electron chi connectivity index (χ4n) is 2.12. The zero-order valence-electron chi connectivity index (χ0n) is 10.8. The number of pyridine rings is 2. The van der Waals surface area contributed by atoms with Gasteiger partial charge in [0.15, 0.2) is 5.65 Å². The number of aromatic nitrogens is 4. The summed E-state index contributed by atoms with van der Waals surface area (Å²) >= 11 is 0. The van der Waals surface area contributed by atoms with Gasteiger partial charge in [0.2, 0.25) is 0 Å². The zero-order chi connectivity index (χ0) is 13.4. The summed E-state index contributed by atoms with van der Waals surface area (Å²) in [5.74, 6) is 3.45. The van der Waals surface area contributed by atoms with E-state index in [0.29, 0.717) is 0 Å². The van der Waals surface area contributed by atoms with Crippen molar-refractivity contribution in [3.8, 4) is 23.7 Å². The predicted molar refractivity (Wildman–Crippen MR) is 74.4 cm³/mol. The number of hydrogen-bond acceptors (Lipinski definition) is 3. The van der Waals surface area contributed by atoms with E-state index in [0.717, 1.165) is 33.7 Å². The van der Waals surface area contributed by atoms with Gasteiger partial charge in [-0.1, -0.05) is 5.92 Å². The molecule has 3 heterocycles. The minimum absolute atomic E-state index is 0.734. The van der Waals surface area contributed by atoms with Crippen molar-refractivity contribution in [3.05, 3.63) is 41.9 Å². The molecule has 0 aliphatic carbocycles. The standard InChI is InChI=1S/C15H12N4/c1-4-11-9-16-6-5-12(11)14-18-13-7-10(2)8-17-15(13)19(14)3/h1,5-9H,2-3H3. The third-order valence-corrected chi connectivity index (χ3v) is 3.06. The van der Waals surface area contributed by atoms with Gasteiger partial charge in [-0.15, -0.1) is 6.42 Å².